The third kappa shape index (κ3) is 8.45. The van der Waals surface area contributed by atoms with Crippen molar-refractivity contribution in [3.8, 4) is 11.5 Å². The van der Waals surface area contributed by atoms with Crippen LogP contribution in [0.1, 0.15) is 52.8 Å². The molecule has 0 spiro atoms. The molecule has 4 aromatic carbocycles. The highest BCUT2D eigenvalue weighted by Crippen LogP contribution is 2.31. The minimum absolute atomic E-state index is 0.0464. The first kappa shape index (κ1) is 35.2. The number of carbonyl (C=O) groups is 1. The Morgan fingerprint density at radius 3 is 2.50 bits per heavy atom. The number of phenolic OH excluding ortho intramolecular Hbond substituents is 1. The molecule has 3 atom stereocenters. The van der Waals surface area contributed by atoms with Crippen LogP contribution in [0.3, 0.4) is 0 Å². The molecule has 2 bridgehead atoms. The van der Waals surface area contributed by atoms with Crippen LogP contribution in [0.4, 0.5) is 9.18 Å². The topological polar surface area (TPSA) is 136 Å². The summed E-state index contributed by atoms with van der Waals surface area (Å²) in [6, 6.07) is 27.2. The lowest BCUT2D eigenvalue weighted by molar-refractivity contribution is -0.0336. The van der Waals surface area contributed by atoms with Crippen molar-refractivity contribution in [1.82, 2.24) is 20.5 Å². The molecule has 10 nitrogen and oxygen atoms in total. The van der Waals surface area contributed by atoms with E-state index in [1.165, 1.54) is 24.3 Å². The second-order valence-electron chi connectivity index (χ2n) is 13.7. The van der Waals surface area contributed by atoms with Crippen molar-refractivity contribution in [3.63, 3.8) is 0 Å². The number of amides is 1. The van der Waals surface area contributed by atoms with E-state index < -0.39 is 24.1 Å². The Labute approximate surface area is 301 Å². The molecule has 3 fully saturated rings. The van der Waals surface area contributed by atoms with Gasteiger partial charge < -0.3 is 35.3 Å². The van der Waals surface area contributed by atoms with Gasteiger partial charge in [0.15, 0.2) is 0 Å². The summed E-state index contributed by atoms with van der Waals surface area (Å²) in [7, 11) is 0. The van der Waals surface area contributed by atoms with Crippen molar-refractivity contribution in [2.45, 2.75) is 44.1 Å². The SMILES string of the molecule is O=C(NC(c1cccc(F)c1)c1cccc(OCc2cccc(CCNC[C@@H](O)c3ccc(O)c4[nH]c(=O)ccc34)c2)c1)O[C@H]1CN2CCC1CC2. The number of pyridine rings is 1. The fraction of sp³-hybridized carbons (Fsp3) is 0.317. The molecule has 11 heteroatoms. The fourth-order valence-corrected chi connectivity index (χ4v) is 7.34. The van der Waals surface area contributed by atoms with E-state index in [9.17, 15) is 24.2 Å². The molecular weight excluding hydrogens is 663 g/mol. The molecule has 1 amide bonds. The number of aromatic nitrogens is 1. The molecule has 8 rings (SSSR count). The molecule has 0 aliphatic carbocycles. The molecule has 0 radical (unpaired) electrons. The van der Waals surface area contributed by atoms with E-state index in [2.05, 4.69) is 26.6 Å². The standard InChI is InChI=1S/C41H43FN4O6/c42-31-8-2-6-29(21-31)39(45-41(50)52-37-24-46-18-15-28(37)16-19-46)30-7-3-9-32(22-30)51-25-27-5-1-4-26(20-27)14-17-43-23-36(48)33-10-12-35(47)40-34(33)11-13-38(49)44-40/h1-13,20-22,28,36-37,39,43,47-48H,14-19,23-25H2,(H,44,49)(H,45,50)/t36-,37+,39?/m1/s1. The minimum Gasteiger partial charge on any atom is -0.506 e. The van der Waals surface area contributed by atoms with Crippen molar-refractivity contribution in [1.29, 1.82) is 0 Å². The van der Waals surface area contributed by atoms with Gasteiger partial charge in [-0.05, 0) is 109 Å². The summed E-state index contributed by atoms with van der Waals surface area (Å²) in [6.07, 6.45) is 1.27. The van der Waals surface area contributed by atoms with Gasteiger partial charge in [0.05, 0.1) is 17.7 Å². The lowest BCUT2D eigenvalue weighted by Gasteiger charge is -2.43. The van der Waals surface area contributed by atoms with Crippen LogP contribution >= 0.6 is 0 Å². The molecular formula is C41H43FN4O6. The van der Waals surface area contributed by atoms with Crippen LogP contribution in [0.25, 0.3) is 10.9 Å². The van der Waals surface area contributed by atoms with Crippen molar-refractivity contribution in [3.05, 3.63) is 141 Å². The monoisotopic (exact) mass is 706 g/mol. The zero-order chi connectivity index (χ0) is 36.0. The normalized spacial score (nSPS) is 19.2. The lowest BCUT2D eigenvalue weighted by Crippen LogP contribution is -2.52. The Balaban J connectivity index is 0.950. The average Bonchev–Trinajstić information content (AvgIpc) is 3.16. The van der Waals surface area contributed by atoms with Gasteiger partial charge in [0.2, 0.25) is 5.56 Å². The van der Waals surface area contributed by atoms with Gasteiger partial charge >= 0.3 is 6.09 Å². The zero-order valence-corrected chi connectivity index (χ0v) is 28.8. The highest BCUT2D eigenvalue weighted by Gasteiger charge is 2.37. The average molecular weight is 707 g/mol. The van der Waals surface area contributed by atoms with E-state index in [0.29, 0.717) is 53.4 Å². The van der Waals surface area contributed by atoms with E-state index in [-0.39, 0.29) is 17.4 Å². The number of piperidine rings is 3. The molecule has 1 unspecified atom stereocenters. The van der Waals surface area contributed by atoms with Gasteiger partial charge in [0, 0.05) is 24.5 Å². The van der Waals surface area contributed by atoms with E-state index in [1.54, 1.807) is 24.3 Å². The Morgan fingerprint density at radius 2 is 1.71 bits per heavy atom. The van der Waals surface area contributed by atoms with Crippen LogP contribution in [0.15, 0.2) is 102 Å². The van der Waals surface area contributed by atoms with Gasteiger partial charge in [-0.3, -0.25) is 9.69 Å². The molecule has 3 aliphatic rings. The number of hydrogen-bond donors (Lipinski definition) is 5. The fourth-order valence-electron chi connectivity index (χ4n) is 7.34. The van der Waals surface area contributed by atoms with Gasteiger partial charge in [-0.15, -0.1) is 0 Å². The minimum atomic E-state index is -0.837. The molecule has 4 heterocycles. The van der Waals surface area contributed by atoms with Gasteiger partial charge in [0.25, 0.3) is 0 Å². The Bertz CT molecular complexity index is 2080. The second kappa shape index (κ2) is 16.0. The molecule has 5 N–H and O–H groups in total. The largest absolute Gasteiger partial charge is 0.506 e. The molecule has 5 aromatic rings. The maximum atomic E-state index is 14.3. The van der Waals surface area contributed by atoms with E-state index in [0.717, 1.165) is 55.6 Å². The van der Waals surface area contributed by atoms with E-state index in [4.69, 9.17) is 9.47 Å². The number of phenols is 1. The van der Waals surface area contributed by atoms with Crippen molar-refractivity contribution in [2.75, 3.05) is 32.7 Å². The molecule has 52 heavy (non-hydrogen) atoms. The third-order valence-electron chi connectivity index (χ3n) is 10.1. The molecule has 0 saturated carbocycles. The number of H-pyrrole nitrogens is 1. The third-order valence-corrected chi connectivity index (χ3v) is 10.1. The van der Waals surface area contributed by atoms with E-state index in [1.807, 2.05) is 42.5 Å². The Hall–Kier alpha value is -5.23. The maximum Gasteiger partial charge on any atom is 0.408 e. The molecule has 3 saturated heterocycles. The second-order valence-corrected chi connectivity index (χ2v) is 13.7. The molecule has 270 valence electrons. The molecule has 3 aliphatic heterocycles. The number of ether oxygens (including phenoxy) is 2. The quantitative estimate of drug-likeness (QED) is 0.0981. The molecule has 1 aromatic heterocycles. The van der Waals surface area contributed by atoms with Crippen LogP contribution in [-0.2, 0) is 17.8 Å². The summed E-state index contributed by atoms with van der Waals surface area (Å²) in [5, 5.41) is 27.9. The number of aliphatic hydroxyl groups excluding tert-OH is 1. The lowest BCUT2D eigenvalue weighted by atomic mass is 9.86. The van der Waals surface area contributed by atoms with Gasteiger partial charge in [-0.25, -0.2) is 9.18 Å². The van der Waals surface area contributed by atoms with Crippen LogP contribution in [0.5, 0.6) is 11.5 Å². The van der Waals surface area contributed by atoms with E-state index >= 15 is 0 Å². The number of alkyl carbamates (subject to hydrolysis) is 1. The first-order valence-corrected chi connectivity index (χ1v) is 17.8. The summed E-state index contributed by atoms with van der Waals surface area (Å²) >= 11 is 0. The van der Waals surface area contributed by atoms with Crippen molar-refractivity contribution >= 4 is 17.0 Å². The maximum absolute atomic E-state index is 14.3. The first-order valence-electron chi connectivity index (χ1n) is 17.8. The predicted molar refractivity (Wildman–Crippen MR) is 196 cm³/mol. The smallest absolute Gasteiger partial charge is 0.408 e. The summed E-state index contributed by atoms with van der Waals surface area (Å²) in [5.74, 6) is 0.543. The number of benzene rings is 4. The summed E-state index contributed by atoms with van der Waals surface area (Å²) in [4.78, 5) is 29.9. The Morgan fingerprint density at radius 1 is 0.942 bits per heavy atom. The van der Waals surface area contributed by atoms with Gasteiger partial charge in [-0.2, -0.15) is 0 Å². The predicted octanol–water partition coefficient (Wildman–Crippen LogP) is 5.73. The number of aromatic amines is 1. The van der Waals surface area contributed by atoms with Crippen LogP contribution in [0, 0.1) is 11.7 Å². The van der Waals surface area contributed by atoms with Crippen LogP contribution < -0.4 is 20.9 Å². The summed E-state index contributed by atoms with van der Waals surface area (Å²) in [5.41, 5.74) is 4.01. The number of rotatable bonds is 13. The van der Waals surface area contributed by atoms with Crippen molar-refractivity contribution < 1.29 is 28.9 Å². The highest BCUT2D eigenvalue weighted by atomic mass is 19.1. The summed E-state index contributed by atoms with van der Waals surface area (Å²) in [6.45, 7) is 4.07. The zero-order valence-electron chi connectivity index (χ0n) is 28.8. The summed E-state index contributed by atoms with van der Waals surface area (Å²) < 4.78 is 26.5. The van der Waals surface area contributed by atoms with Crippen molar-refractivity contribution in [2.24, 2.45) is 5.92 Å². The number of nitrogens with one attached hydrogen (secondary N) is 3. The number of halogens is 1. The number of aromatic hydroxyl groups is 1. The number of nitrogens with zero attached hydrogens (tertiary/aromatic N) is 1. The van der Waals surface area contributed by atoms with Gasteiger partial charge in [0.1, 0.15) is 30.0 Å². The van der Waals surface area contributed by atoms with Crippen LogP contribution in [-0.4, -0.2) is 65.0 Å². The number of aliphatic hydroxyl groups is 1. The first-order chi connectivity index (χ1) is 25.3. The number of carbonyl (C=O) groups excluding carboxylic acids is 1. The van der Waals surface area contributed by atoms with Gasteiger partial charge in [-0.1, -0.05) is 54.6 Å². The highest BCUT2D eigenvalue weighted by molar-refractivity contribution is 5.87. The number of hydrogen-bond acceptors (Lipinski definition) is 8. The Kier molecular flexibility index (Phi) is 10.8. The number of fused-ring (bicyclic) bond motifs is 4. The van der Waals surface area contributed by atoms with Crippen LogP contribution in [0.2, 0.25) is 0 Å².